The van der Waals surface area contributed by atoms with Gasteiger partial charge in [-0.25, -0.2) is 9.78 Å². The summed E-state index contributed by atoms with van der Waals surface area (Å²) in [5.74, 6) is 1.01. The average molecular weight is 349 g/mol. The molecule has 1 atom stereocenters. The van der Waals surface area contributed by atoms with Gasteiger partial charge in [-0.1, -0.05) is 13.0 Å². The Kier molecular flexibility index (Phi) is 7.46. The molecule has 1 saturated heterocycles. The summed E-state index contributed by atoms with van der Waals surface area (Å²) < 4.78 is 5.08. The van der Waals surface area contributed by atoms with Crippen molar-refractivity contribution in [2.24, 2.45) is 0 Å². The molecular formula is C18H31N5O2. The highest BCUT2D eigenvalue weighted by Crippen LogP contribution is 2.14. The molecule has 0 aliphatic carbocycles. The summed E-state index contributed by atoms with van der Waals surface area (Å²) in [4.78, 5) is 23.1. The van der Waals surface area contributed by atoms with E-state index in [9.17, 15) is 4.79 Å². The Hall–Kier alpha value is -1.86. The van der Waals surface area contributed by atoms with E-state index in [1.54, 1.807) is 19.1 Å². The number of nitrogens with zero attached hydrogens (tertiary/aromatic N) is 4. The van der Waals surface area contributed by atoms with Crippen LogP contribution in [0.4, 0.5) is 10.6 Å². The molecule has 1 aliphatic rings. The van der Waals surface area contributed by atoms with Crippen LogP contribution in [0.2, 0.25) is 0 Å². The summed E-state index contributed by atoms with van der Waals surface area (Å²) in [5.41, 5.74) is 0.997. The van der Waals surface area contributed by atoms with Crippen LogP contribution in [-0.4, -0.2) is 80.3 Å². The van der Waals surface area contributed by atoms with Crippen LogP contribution in [0.15, 0.2) is 18.3 Å². The van der Waals surface area contributed by atoms with Crippen molar-refractivity contribution in [2.45, 2.75) is 26.4 Å². The summed E-state index contributed by atoms with van der Waals surface area (Å²) in [6.45, 7) is 10.5. The molecule has 2 heterocycles. The molecule has 140 valence electrons. The van der Waals surface area contributed by atoms with Gasteiger partial charge in [0.2, 0.25) is 0 Å². The highest BCUT2D eigenvalue weighted by molar-refractivity contribution is 5.74. The van der Waals surface area contributed by atoms with Crippen LogP contribution in [-0.2, 0) is 11.3 Å². The van der Waals surface area contributed by atoms with Gasteiger partial charge in [-0.3, -0.25) is 0 Å². The van der Waals surface area contributed by atoms with Gasteiger partial charge in [0.15, 0.2) is 0 Å². The minimum absolute atomic E-state index is 0.0345. The number of likely N-dealkylation sites (N-methyl/N-ethyl adjacent to an activating group) is 2. The van der Waals surface area contributed by atoms with Crippen LogP contribution < -0.4 is 10.2 Å². The summed E-state index contributed by atoms with van der Waals surface area (Å²) in [5, 5.41) is 2.92. The standard InChI is InChI=1S/C18H31N5O2/c1-5-22-8-10-23(11-9-22)17-7-6-16(12-19-17)13-20-18(24)21(3)15(2)14-25-4/h6-7,12,15H,5,8-11,13-14H2,1-4H3,(H,20,24)/t15-/m1/s1. The Morgan fingerprint density at radius 3 is 2.64 bits per heavy atom. The smallest absolute Gasteiger partial charge is 0.317 e. The number of rotatable bonds is 7. The Balaban J connectivity index is 1.81. The number of piperazine rings is 1. The van der Waals surface area contributed by atoms with E-state index in [0.29, 0.717) is 13.2 Å². The third-order valence-corrected chi connectivity index (χ3v) is 4.79. The van der Waals surface area contributed by atoms with Crippen LogP contribution >= 0.6 is 0 Å². The molecule has 0 radical (unpaired) electrons. The zero-order valence-electron chi connectivity index (χ0n) is 15.9. The molecule has 0 spiro atoms. The number of ether oxygens (including phenoxy) is 1. The zero-order valence-corrected chi connectivity index (χ0v) is 15.9. The first-order valence-corrected chi connectivity index (χ1v) is 8.97. The molecule has 0 bridgehead atoms. The Bertz CT molecular complexity index is 529. The highest BCUT2D eigenvalue weighted by Gasteiger charge is 2.17. The summed E-state index contributed by atoms with van der Waals surface area (Å²) in [7, 11) is 3.41. The molecule has 2 amide bonds. The number of nitrogens with one attached hydrogen (secondary N) is 1. The maximum Gasteiger partial charge on any atom is 0.317 e. The fourth-order valence-corrected chi connectivity index (χ4v) is 2.86. The van der Waals surface area contributed by atoms with Crippen molar-refractivity contribution in [3.63, 3.8) is 0 Å². The molecule has 0 saturated carbocycles. The lowest BCUT2D eigenvalue weighted by molar-refractivity contribution is 0.123. The fraction of sp³-hybridized carbons (Fsp3) is 0.667. The van der Waals surface area contributed by atoms with E-state index in [0.717, 1.165) is 44.1 Å². The molecular weight excluding hydrogens is 318 g/mol. The number of aromatic nitrogens is 1. The second kappa shape index (κ2) is 9.58. The molecule has 1 aromatic rings. The zero-order chi connectivity index (χ0) is 18.2. The molecule has 0 unspecified atom stereocenters. The summed E-state index contributed by atoms with van der Waals surface area (Å²) >= 11 is 0. The number of urea groups is 1. The van der Waals surface area contributed by atoms with Crippen LogP contribution in [0.3, 0.4) is 0 Å². The number of carbonyl (C=O) groups is 1. The molecule has 1 N–H and O–H groups in total. The van der Waals surface area contributed by atoms with Gasteiger partial charge >= 0.3 is 6.03 Å². The predicted octanol–water partition coefficient (Wildman–Crippen LogP) is 1.40. The number of amides is 2. The van der Waals surface area contributed by atoms with Crippen molar-refractivity contribution in [1.82, 2.24) is 20.1 Å². The predicted molar refractivity (Wildman–Crippen MR) is 99.9 cm³/mol. The van der Waals surface area contributed by atoms with Crippen molar-refractivity contribution in [1.29, 1.82) is 0 Å². The molecule has 1 aromatic heterocycles. The SMILES string of the molecule is CCN1CCN(c2ccc(CNC(=O)N(C)[C@H](C)COC)cn2)CC1. The Morgan fingerprint density at radius 2 is 2.08 bits per heavy atom. The van der Waals surface area contributed by atoms with Crippen LogP contribution in [0.5, 0.6) is 0 Å². The lowest BCUT2D eigenvalue weighted by Crippen LogP contribution is -2.46. The van der Waals surface area contributed by atoms with Gasteiger partial charge in [-0.05, 0) is 25.1 Å². The van der Waals surface area contributed by atoms with Gasteiger partial charge in [-0.15, -0.1) is 0 Å². The maximum atomic E-state index is 12.1. The number of pyridine rings is 1. The van der Waals surface area contributed by atoms with Crippen molar-refractivity contribution in [2.75, 3.05) is 58.4 Å². The van der Waals surface area contributed by atoms with E-state index in [-0.39, 0.29) is 12.1 Å². The second-order valence-electron chi connectivity index (χ2n) is 6.52. The van der Waals surface area contributed by atoms with E-state index in [4.69, 9.17) is 4.74 Å². The number of hydrogen-bond donors (Lipinski definition) is 1. The van der Waals surface area contributed by atoms with Crippen molar-refractivity contribution in [3.05, 3.63) is 23.9 Å². The molecule has 25 heavy (non-hydrogen) atoms. The summed E-state index contributed by atoms with van der Waals surface area (Å²) in [6.07, 6.45) is 1.85. The third kappa shape index (κ3) is 5.57. The third-order valence-electron chi connectivity index (χ3n) is 4.79. The molecule has 1 fully saturated rings. The highest BCUT2D eigenvalue weighted by atomic mass is 16.5. The van der Waals surface area contributed by atoms with E-state index >= 15 is 0 Å². The van der Waals surface area contributed by atoms with Gasteiger partial charge in [-0.2, -0.15) is 0 Å². The van der Waals surface area contributed by atoms with Gasteiger partial charge < -0.3 is 24.8 Å². The molecule has 7 nitrogen and oxygen atoms in total. The van der Waals surface area contributed by atoms with Crippen LogP contribution in [0.25, 0.3) is 0 Å². The molecule has 1 aliphatic heterocycles. The van der Waals surface area contributed by atoms with Gasteiger partial charge in [0.05, 0.1) is 12.6 Å². The molecule has 0 aromatic carbocycles. The lowest BCUT2D eigenvalue weighted by Gasteiger charge is -2.34. The fourth-order valence-electron chi connectivity index (χ4n) is 2.86. The Labute approximate surface area is 150 Å². The first-order chi connectivity index (χ1) is 12.0. The Morgan fingerprint density at radius 1 is 1.36 bits per heavy atom. The van der Waals surface area contributed by atoms with Gasteiger partial charge in [0.1, 0.15) is 5.82 Å². The number of methoxy groups -OCH3 is 1. The van der Waals surface area contributed by atoms with E-state index in [1.807, 2.05) is 25.3 Å². The van der Waals surface area contributed by atoms with E-state index in [1.165, 1.54) is 0 Å². The van der Waals surface area contributed by atoms with Gasteiger partial charge in [0.25, 0.3) is 0 Å². The van der Waals surface area contributed by atoms with Crippen LogP contribution in [0.1, 0.15) is 19.4 Å². The van der Waals surface area contributed by atoms with Gasteiger partial charge in [0, 0.05) is 53.1 Å². The van der Waals surface area contributed by atoms with Crippen LogP contribution in [0, 0.1) is 0 Å². The van der Waals surface area contributed by atoms with Crippen molar-refractivity contribution >= 4 is 11.8 Å². The molecule has 2 rings (SSSR count). The maximum absolute atomic E-state index is 12.1. The summed E-state index contributed by atoms with van der Waals surface area (Å²) in [6, 6.07) is 4.00. The average Bonchev–Trinajstić information content (AvgIpc) is 2.66. The largest absolute Gasteiger partial charge is 0.383 e. The van der Waals surface area contributed by atoms with Crippen molar-refractivity contribution in [3.8, 4) is 0 Å². The van der Waals surface area contributed by atoms with E-state index in [2.05, 4.69) is 27.0 Å². The first kappa shape index (κ1) is 19.5. The topological polar surface area (TPSA) is 60.9 Å². The van der Waals surface area contributed by atoms with E-state index < -0.39 is 0 Å². The molecule has 7 heteroatoms. The quantitative estimate of drug-likeness (QED) is 0.806. The minimum Gasteiger partial charge on any atom is -0.383 e. The number of carbonyl (C=O) groups excluding carboxylic acids is 1. The normalized spacial score (nSPS) is 16.6. The lowest BCUT2D eigenvalue weighted by atomic mass is 10.2. The first-order valence-electron chi connectivity index (χ1n) is 8.97. The minimum atomic E-state index is -0.107. The second-order valence-corrected chi connectivity index (χ2v) is 6.52. The number of hydrogen-bond acceptors (Lipinski definition) is 5. The van der Waals surface area contributed by atoms with Crippen molar-refractivity contribution < 1.29 is 9.53 Å². The number of anilines is 1. The monoisotopic (exact) mass is 349 g/mol.